The van der Waals surface area contributed by atoms with Crippen LogP contribution in [0.15, 0.2) is 16.6 Å². The molecule has 0 spiro atoms. The third-order valence-corrected chi connectivity index (χ3v) is 2.67. The first-order valence-electron chi connectivity index (χ1n) is 3.92. The van der Waals surface area contributed by atoms with E-state index in [0.29, 0.717) is 0 Å². The zero-order chi connectivity index (χ0) is 12.5. The summed E-state index contributed by atoms with van der Waals surface area (Å²) in [6, 6.07) is 2.37. The Morgan fingerprint density at radius 1 is 1.44 bits per heavy atom. The monoisotopic (exact) mass is 316 g/mol. The molecule has 0 fully saturated rings. The van der Waals surface area contributed by atoms with E-state index in [0.717, 1.165) is 13.2 Å². The molecule has 1 aromatic rings. The molecule has 0 amide bonds. The van der Waals surface area contributed by atoms with Crippen molar-refractivity contribution in [3.05, 3.63) is 27.7 Å². The summed E-state index contributed by atoms with van der Waals surface area (Å²) in [7, 11) is 1.08. The molecule has 0 N–H and O–H groups in total. The molecule has 0 heterocycles. The van der Waals surface area contributed by atoms with Gasteiger partial charge in [0.25, 0.3) is 5.24 Å². The number of methoxy groups -OCH3 is 1. The van der Waals surface area contributed by atoms with Crippen LogP contribution in [0.2, 0.25) is 0 Å². The predicted molar refractivity (Wildman–Crippen MR) is 55.9 cm³/mol. The predicted octanol–water partition coefficient (Wildman–Crippen LogP) is 3.86. The second-order valence-electron chi connectivity index (χ2n) is 2.77. The van der Waals surface area contributed by atoms with Crippen LogP contribution in [0.3, 0.4) is 0 Å². The maximum Gasteiger partial charge on any atom is 0.420 e. The fourth-order valence-corrected chi connectivity index (χ4v) is 2.02. The lowest BCUT2D eigenvalue weighted by atomic mass is 10.1. The minimum absolute atomic E-state index is 0.0272. The van der Waals surface area contributed by atoms with Crippen LogP contribution >= 0.6 is 27.5 Å². The highest BCUT2D eigenvalue weighted by Crippen LogP contribution is 2.41. The number of hydrogen-bond donors (Lipinski definition) is 0. The van der Waals surface area contributed by atoms with Crippen molar-refractivity contribution in [1.29, 1.82) is 0 Å². The van der Waals surface area contributed by atoms with Gasteiger partial charge in [-0.15, -0.1) is 0 Å². The highest BCUT2D eigenvalue weighted by molar-refractivity contribution is 9.10. The van der Waals surface area contributed by atoms with Crippen molar-refractivity contribution >= 4 is 32.8 Å². The van der Waals surface area contributed by atoms with Gasteiger partial charge in [-0.2, -0.15) is 13.2 Å². The van der Waals surface area contributed by atoms with Crippen LogP contribution in [-0.4, -0.2) is 12.4 Å². The minimum Gasteiger partial charge on any atom is -0.496 e. The zero-order valence-electron chi connectivity index (χ0n) is 7.86. The van der Waals surface area contributed by atoms with E-state index in [1.165, 1.54) is 6.07 Å². The number of rotatable bonds is 2. The molecule has 0 aliphatic heterocycles. The van der Waals surface area contributed by atoms with Gasteiger partial charge < -0.3 is 4.74 Å². The number of halogens is 5. The Bertz CT molecular complexity index is 431. The Kier molecular flexibility index (Phi) is 3.85. The third kappa shape index (κ3) is 2.49. The third-order valence-electron chi connectivity index (χ3n) is 1.82. The lowest BCUT2D eigenvalue weighted by Crippen LogP contribution is -2.13. The normalized spacial score (nSPS) is 11.4. The van der Waals surface area contributed by atoms with Crippen LogP contribution in [0.25, 0.3) is 0 Å². The minimum atomic E-state index is -4.71. The Morgan fingerprint density at radius 3 is 2.38 bits per heavy atom. The summed E-state index contributed by atoms with van der Waals surface area (Å²) in [6.07, 6.45) is -4.71. The molecule has 88 valence electrons. The Labute approximate surface area is 102 Å². The van der Waals surface area contributed by atoms with Crippen LogP contribution in [0.4, 0.5) is 13.2 Å². The standard InChI is InChI=1S/C9H5BrClF3O2/c1-16-5-3-2-4(10)6(8(11)15)7(5)9(12,13)14/h2-3H,1H3. The molecule has 0 saturated carbocycles. The highest BCUT2D eigenvalue weighted by atomic mass is 79.9. The molecule has 0 bridgehead atoms. The summed E-state index contributed by atoms with van der Waals surface area (Å²) in [5, 5.41) is -1.20. The second kappa shape index (κ2) is 4.63. The van der Waals surface area contributed by atoms with Crippen LogP contribution < -0.4 is 4.74 Å². The van der Waals surface area contributed by atoms with Crippen molar-refractivity contribution in [1.82, 2.24) is 0 Å². The number of carbonyl (C=O) groups is 1. The van der Waals surface area contributed by atoms with Crippen molar-refractivity contribution < 1.29 is 22.7 Å². The molecule has 0 saturated heterocycles. The van der Waals surface area contributed by atoms with Gasteiger partial charge in [-0.3, -0.25) is 4.79 Å². The molecule has 16 heavy (non-hydrogen) atoms. The van der Waals surface area contributed by atoms with Gasteiger partial charge >= 0.3 is 6.18 Å². The van der Waals surface area contributed by atoms with Gasteiger partial charge in [0, 0.05) is 4.47 Å². The molecule has 1 aromatic carbocycles. The first-order valence-corrected chi connectivity index (χ1v) is 5.09. The van der Waals surface area contributed by atoms with E-state index in [9.17, 15) is 18.0 Å². The van der Waals surface area contributed by atoms with Crippen molar-refractivity contribution in [2.45, 2.75) is 6.18 Å². The maximum absolute atomic E-state index is 12.7. The van der Waals surface area contributed by atoms with Crippen LogP contribution in [0.1, 0.15) is 15.9 Å². The van der Waals surface area contributed by atoms with Crippen molar-refractivity contribution in [3.8, 4) is 5.75 Å². The summed E-state index contributed by atoms with van der Waals surface area (Å²) in [5.41, 5.74) is -1.82. The van der Waals surface area contributed by atoms with E-state index >= 15 is 0 Å². The van der Waals surface area contributed by atoms with Gasteiger partial charge in [0.2, 0.25) is 0 Å². The largest absolute Gasteiger partial charge is 0.496 e. The van der Waals surface area contributed by atoms with Gasteiger partial charge in [-0.1, -0.05) is 0 Å². The summed E-state index contributed by atoms with van der Waals surface area (Å²) < 4.78 is 42.7. The number of ether oxygens (including phenoxy) is 1. The van der Waals surface area contributed by atoms with Crippen LogP contribution in [0.5, 0.6) is 5.75 Å². The van der Waals surface area contributed by atoms with Crippen molar-refractivity contribution in [3.63, 3.8) is 0 Å². The van der Waals surface area contributed by atoms with E-state index in [1.807, 2.05) is 0 Å². The second-order valence-corrected chi connectivity index (χ2v) is 3.97. The van der Waals surface area contributed by atoms with Gasteiger partial charge in [0.15, 0.2) is 0 Å². The Hall–Kier alpha value is -0.750. The molecule has 1 rings (SSSR count). The molecular formula is C9H5BrClF3O2. The van der Waals surface area contributed by atoms with Crippen LogP contribution in [-0.2, 0) is 6.18 Å². The molecule has 2 nitrogen and oxygen atoms in total. The number of carbonyl (C=O) groups excluding carboxylic acids is 1. The fourth-order valence-electron chi connectivity index (χ4n) is 1.20. The highest BCUT2D eigenvalue weighted by Gasteiger charge is 2.39. The van der Waals surface area contributed by atoms with E-state index < -0.39 is 28.3 Å². The summed E-state index contributed by atoms with van der Waals surface area (Å²) >= 11 is 7.97. The molecule has 0 unspecified atom stereocenters. The molecule has 0 atom stereocenters. The lowest BCUT2D eigenvalue weighted by Gasteiger charge is -2.15. The average Bonchev–Trinajstić information content (AvgIpc) is 2.15. The summed E-state index contributed by atoms with van der Waals surface area (Å²) in [5.74, 6) is -0.445. The van der Waals surface area contributed by atoms with E-state index in [-0.39, 0.29) is 4.47 Å². The van der Waals surface area contributed by atoms with Crippen molar-refractivity contribution in [2.24, 2.45) is 0 Å². The number of hydrogen-bond acceptors (Lipinski definition) is 2. The van der Waals surface area contributed by atoms with Crippen molar-refractivity contribution in [2.75, 3.05) is 7.11 Å². The Morgan fingerprint density at radius 2 is 2.00 bits per heavy atom. The van der Waals surface area contributed by atoms with E-state index in [2.05, 4.69) is 20.7 Å². The molecule has 0 aliphatic rings. The zero-order valence-corrected chi connectivity index (χ0v) is 10.2. The van der Waals surface area contributed by atoms with Gasteiger partial charge in [-0.25, -0.2) is 0 Å². The SMILES string of the molecule is COc1ccc(Br)c(C(=O)Cl)c1C(F)(F)F. The number of benzene rings is 1. The smallest absolute Gasteiger partial charge is 0.420 e. The molecule has 0 aromatic heterocycles. The average molecular weight is 317 g/mol. The first kappa shape index (κ1) is 13.3. The fraction of sp³-hybridized carbons (Fsp3) is 0.222. The molecule has 0 radical (unpaired) electrons. The van der Waals surface area contributed by atoms with Gasteiger partial charge in [-0.05, 0) is 39.7 Å². The topological polar surface area (TPSA) is 26.3 Å². The number of alkyl halides is 3. The molecule has 7 heteroatoms. The van der Waals surface area contributed by atoms with Gasteiger partial charge in [0.1, 0.15) is 11.3 Å². The quantitative estimate of drug-likeness (QED) is 0.774. The maximum atomic E-state index is 12.7. The molecule has 0 aliphatic carbocycles. The van der Waals surface area contributed by atoms with E-state index in [1.54, 1.807) is 0 Å². The van der Waals surface area contributed by atoms with E-state index in [4.69, 9.17) is 11.6 Å². The Balaban J connectivity index is 3.62. The first-order chi connectivity index (χ1) is 7.29. The van der Waals surface area contributed by atoms with Gasteiger partial charge in [0.05, 0.1) is 12.7 Å². The lowest BCUT2D eigenvalue weighted by molar-refractivity contribution is -0.139. The summed E-state index contributed by atoms with van der Waals surface area (Å²) in [4.78, 5) is 11.0. The molecular weight excluding hydrogens is 312 g/mol. The van der Waals surface area contributed by atoms with Crippen LogP contribution in [0, 0.1) is 0 Å². The summed E-state index contributed by atoms with van der Waals surface area (Å²) in [6.45, 7) is 0.